The molecule has 0 aromatic carbocycles. The number of nitrogens with two attached hydrogens (primary N) is 1. The second-order valence-electron chi connectivity index (χ2n) is 3.15. The summed E-state index contributed by atoms with van der Waals surface area (Å²) in [5.41, 5.74) is 5.36. The van der Waals surface area contributed by atoms with Gasteiger partial charge in [-0.15, -0.1) is 0 Å². The molecule has 0 unspecified atom stereocenters. The van der Waals surface area contributed by atoms with E-state index in [2.05, 4.69) is 5.32 Å². The number of rotatable bonds is 3. The Balaban J connectivity index is 2.27. The Labute approximate surface area is 72.5 Å². The van der Waals surface area contributed by atoms with Gasteiger partial charge in [-0.2, -0.15) is 0 Å². The molecule has 3 N–H and O–H groups in total. The van der Waals surface area contributed by atoms with Gasteiger partial charge in [0.15, 0.2) is 0 Å². The van der Waals surface area contributed by atoms with Gasteiger partial charge in [-0.1, -0.05) is 0 Å². The molecule has 1 rings (SSSR count). The molecule has 0 aliphatic carbocycles. The number of ether oxygens (including phenoxy) is 1. The number of carbonyl (C=O) groups is 1. The van der Waals surface area contributed by atoms with Crippen molar-refractivity contribution in [2.24, 2.45) is 5.73 Å². The first-order valence-corrected chi connectivity index (χ1v) is 4.36. The Morgan fingerprint density at radius 3 is 3.08 bits per heavy atom. The Kier molecular flexibility index (Phi) is 3.49. The zero-order valence-electron chi connectivity index (χ0n) is 7.38. The second-order valence-corrected chi connectivity index (χ2v) is 3.15. The van der Waals surface area contributed by atoms with Crippen molar-refractivity contribution in [3.63, 3.8) is 0 Å². The lowest BCUT2D eigenvalue weighted by atomic mass is 10.2. The topological polar surface area (TPSA) is 64.3 Å². The number of hydrogen-bond donors (Lipinski definition) is 2. The molecule has 0 radical (unpaired) electrons. The predicted octanol–water partition coefficient (Wildman–Crippen LogP) is -0.371. The van der Waals surface area contributed by atoms with E-state index in [4.69, 9.17) is 10.5 Å². The SMILES string of the molecule is C[C@H](CN)NC(=O)[C@@H]1CCCO1. The van der Waals surface area contributed by atoms with Gasteiger partial charge >= 0.3 is 0 Å². The molecule has 0 bridgehead atoms. The van der Waals surface area contributed by atoms with Crippen LogP contribution in [-0.2, 0) is 9.53 Å². The van der Waals surface area contributed by atoms with Gasteiger partial charge in [-0.25, -0.2) is 0 Å². The molecule has 12 heavy (non-hydrogen) atoms. The van der Waals surface area contributed by atoms with E-state index in [1.165, 1.54) is 0 Å². The summed E-state index contributed by atoms with van der Waals surface area (Å²) in [5, 5.41) is 2.78. The average Bonchev–Trinajstić information content (AvgIpc) is 2.56. The molecule has 1 saturated heterocycles. The van der Waals surface area contributed by atoms with Gasteiger partial charge in [0.25, 0.3) is 0 Å². The zero-order valence-corrected chi connectivity index (χ0v) is 7.38. The van der Waals surface area contributed by atoms with Crippen LogP contribution in [0.25, 0.3) is 0 Å². The van der Waals surface area contributed by atoms with Gasteiger partial charge in [0.1, 0.15) is 6.10 Å². The lowest BCUT2D eigenvalue weighted by molar-refractivity contribution is -0.130. The van der Waals surface area contributed by atoms with E-state index < -0.39 is 0 Å². The summed E-state index contributed by atoms with van der Waals surface area (Å²) in [6.45, 7) is 3.06. The van der Waals surface area contributed by atoms with Crippen molar-refractivity contribution in [1.29, 1.82) is 0 Å². The highest BCUT2D eigenvalue weighted by Crippen LogP contribution is 2.11. The quantitative estimate of drug-likeness (QED) is 0.610. The van der Waals surface area contributed by atoms with Gasteiger partial charge in [0.05, 0.1) is 0 Å². The van der Waals surface area contributed by atoms with Crippen LogP contribution in [0.15, 0.2) is 0 Å². The van der Waals surface area contributed by atoms with Crippen LogP contribution < -0.4 is 11.1 Å². The summed E-state index contributed by atoms with van der Waals surface area (Å²) in [6, 6.07) is 0.0432. The van der Waals surface area contributed by atoms with Crippen molar-refractivity contribution in [3.8, 4) is 0 Å². The minimum absolute atomic E-state index is 0.0227. The molecule has 1 amide bonds. The molecule has 4 heteroatoms. The minimum atomic E-state index is -0.237. The first-order valence-electron chi connectivity index (χ1n) is 4.36. The van der Waals surface area contributed by atoms with Crippen molar-refractivity contribution in [1.82, 2.24) is 5.32 Å². The highest BCUT2D eigenvalue weighted by molar-refractivity contribution is 5.81. The first kappa shape index (κ1) is 9.48. The van der Waals surface area contributed by atoms with Crippen LogP contribution in [0.1, 0.15) is 19.8 Å². The lowest BCUT2D eigenvalue weighted by Crippen LogP contribution is -2.43. The summed E-state index contributed by atoms with van der Waals surface area (Å²) in [4.78, 5) is 11.3. The van der Waals surface area contributed by atoms with Gasteiger partial charge in [0, 0.05) is 19.2 Å². The maximum atomic E-state index is 11.3. The highest BCUT2D eigenvalue weighted by atomic mass is 16.5. The third-order valence-electron chi connectivity index (χ3n) is 1.96. The van der Waals surface area contributed by atoms with Crippen molar-refractivity contribution in [3.05, 3.63) is 0 Å². The summed E-state index contributed by atoms with van der Waals surface area (Å²) >= 11 is 0. The molecular formula is C8H16N2O2. The maximum Gasteiger partial charge on any atom is 0.249 e. The van der Waals surface area contributed by atoms with Gasteiger partial charge in [-0.3, -0.25) is 4.79 Å². The Hall–Kier alpha value is -0.610. The van der Waals surface area contributed by atoms with Crippen molar-refractivity contribution in [2.45, 2.75) is 31.9 Å². The summed E-state index contributed by atoms with van der Waals surface area (Å²) in [5.74, 6) is -0.0227. The fraction of sp³-hybridized carbons (Fsp3) is 0.875. The fourth-order valence-electron chi connectivity index (χ4n) is 1.18. The molecule has 4 nitrogen and oxygen atoms in total. The molecule has 1 heterocycles. The Morgan fingerprint density at radius 2 is 2.58 bits per heavy atom. The van der Waals surface area contributed by atoms with Crippen LogP contribution in [0.4, 0.5) is 0 Å². The molecular weight excluding hydrogens is 156 g/mol. The second kappa shape index (κ2) is 4.42. The van der Waals surface area contributed by atoms with Crippen LogP contribution in [0.3, 0.4) is 0 Å². The van der Waals surface area contributed by atoms with Crippen molar-refractivity contribution < 1.29 is 9.53 Å². The van der Waals surface area contributed by atoms with Crippen molar-refractivity contribution in [2.75, 3.05) is 13.2 Å². The summed E-state index contributed by atoms with van der Waals surface area (Å²) in [7, 11) is 0. The van der Waals surface area contributed by atoms with Crippen LogP contribution in [0, 0.1) is 0 Å². The standard InChI is InChI=1S/C8H16N2O2/c1-6(5-9)10-8(11)7-3-2-4-12-7/h6-7H,2-5,9H2,1H3,(H,10,11)/t6-,7+/m1/s1. The maximum absolute atomic E-state index is 11.3. The number of carbonyl (C=O) groups excluding carboxylic acids is 1. The molecule has 70 valence electrons. The molecule has 0 spiro atoms. The average molecular weight is 172 g/mol. The van der Waals surface area contributed by atoms with Crippen LogP contribution in [-0.4, -0.2) is 31.2 Å². The van der Waals surface area contributed by atoms with Gasteiger partial charge < -0.3 is 15.8 Å². The number of hydrogen-bond acceptors (Lipinski definition) is 3. The number of nitrogens with one attached hydrogen (secondary N) is 1. The van der Waals surface area contributed by atoms with E-state index in [-0.39, 0.29) is 18.1 Å². The third kappa shape index (κ3) is 2.46. The van der Waals surface area contributed by atoms with Crippen LogP contribution in [0.5, 0.6) is 0 Å². The fourth-order valence-corrected chi connectivity index (χ4v) is 1.18. The largest absolute Gasteiger partial charge is 0.368 e. The van der Waals surface area contributed by atoms with E-state index in [9.17, 15) is 4.79 Å². The van der Waals surface area contributed by atoms with E-state index in [1.807, 2.05) is 6.92 Å². The molecule has 1 aliphatic rings. The van der Waals surface area contributed by atoms with E-state index in [1.54, 1.807) is 0 Å². The van der Waals surface area contributed by atoms with E-state index >= 15 is 0 Å². The molecule has 1 fully saturated rings. The predicted molar refractivity (Wildman–Crippen MR) is 45.6 cm³/mol. The number of amides is 1. The highest BCUT2D eigenvalue weighted by Gasteiger charge is 2.23. The van der Waals surface area contributed by atoms with E-state index in [0.29, 0.717) is 13.2 Å². The molecule has 2 atom stereocenters. The van der Waals surface area contributed by atoms with Crippen LogP contribution in [0.2, 0.25) is 0 Å². The van der Waals surface area contributed by atoms with E-state index in [0.717, 1.165) is 12.8 Å². The van der Waals surface area contributed by atoms with Crippen LogP contribution >= 0.6 is 0 Å². The smallest absolute Gasteiger partial charge is 0.249 e. The normalized spacial score (nSPS) is 25.3. The van der Waals surface area contributed by atoms with Gasteiger partial charge in [-0.05, 0) is 19.8 Å². The molecule has 0 saturated carbocycles. The molecule has 1 aliphatic heterocycles. The Bertz CT molecular complexity index is 155. The lowest BCUT2D eigenvalue weighted by Gasteiger charge is -2.14. The molecule has 0 aromatic heterocycles. The summed E-state index contributed by atoms with van der Waals surface area (Å²) in [6.07, 6.45) is 1.58. The monoisotopic (exact) mass is 172 g/mol. The van der Waals surface area contributed by atoms with Crippen molar-refractivity contribution >= 4 is 5.91 Å². The third-order valence-corrected chi connectivity index (χ3v) is 1.96. The minimum Gasteiger partial charge on any atom is -0.368 e. The summed E-state index contributed by atoms with van der Waals surface area (Å²) < 4.78 is 5.21. The Morgan fingerprint density at radius 1 is 1.83 bits per heavy atom. The molecule has 0 aromatic rings. The van der Waals surface area contributed by atoms with Gasteiger partial charge in [0.2, 0.25) is 5.91 Å². The zero-order chi connectivity index (χ0) is 8.97. The first-order chi connectivity index (χ1) is 5.74.